The van der Waals surface area contributed by atoms with Gasteiger partial charge in [0.25, 0.3) is 0 Å². The lowest BCUT2D eigenvalue weighted by molar-refractivity contribution is 0.0702. The quantitative estimate of drug-likeness (QED) is 0.171. The lowest BCUT2D eigenvalue weighted by Gasteiger charge is -2.14. The van der Waals surface area contributed by atoms with Gasteiger partial charge < -0.3 is 29.6 Å². The Hall–Kier alpha value is -1.31. The van der Waals surface area contributed by atoms with Gasteiger partial charge in [-0.1, -0.05) is 6.92 Å². The molecule has 0 saturated carbocycles. The van der Waals surface area contributed by atoms with Crippen LogP contribution in [0.4, 0.5) is 5.69 Å². The molecule has 31 heavy (non-hydrogen) atoms. The van der Waals surface area contributed by atoms with Gasteiger partial charge in [-0.25, -0.2) is 8.42 Å². The van der Waals surface area contributed by atoms with Crippen LogP contribution in [0.25, 0.3) is 0 Å². The van der Waals surface area contributed by atoms with E-state index in [1.165, 1.54) is 0 Å². The topological polar surface area (TPSA) is 107 Å². The Morgan fingerprint density at radius 2 is 1.94 bits per heavy atom. The summed E-state index contributed by atoms with van der Waals surface area (Å²) in [5, 5.41) is 6.30. The van der Waals surface area contributed by atoms with Crippen molar-refractivity contribution in [1.29, 1.82) is 0 Å². The van der Waals surface area contributed by atoms with Crippen LogP contribution < -0.4 is 20.1 Å². The molecule has 0 unspecified atom stereocenters. The zero-order valence-electron chi connectivity index (χ0n) is 18.2. The molecule has 1 aromatic carbocycles. The van der Waals surface area contributed by atoms with Crippen LogP contribution in [0, 0.1) is 0 Å². The maximum absolute atomic E-state index is 11.8. The minimum Gasteiger partial charge on any atom is -0.490 e. The Bertz CT molecular complexity index is 776. The summed E-state index contributed by atoms with van der Waals surface area (Å²) < 4.78 is 45.3. The van der Waals surface area contributed by atoms with E-state index in [9.17, 15) is 8.42 Å². The van der Waals surface area contributed by atoms with E-state index in [-0.39, 0.29) is 42.0 Å². The molecule has 0 aromatic heterocycles. The van der Waals surface area contributed by atoms with Crippen molar-refractivity contribution in [3.8, 4) is 11.5 Å². The molecule has 2 rings (SSSR count). The SMILES string of the molecule is CCS(=O)(=O)CCNC(=NCCCOCCOC)Nc1ccc2c(c1)OCCCO2.I. The molecule has 0 radical (unpaired) electrons. The highest BCUT2D eigenvalue weighted by Gasteiger charge is 2.12. The monoisotopic (exact) mass is 571 g/mol. The van der Waals surface area contributed by atoms with Crippen LogP contribution in [0.5, 0.6) is 11.5 Å². The summed E-state index contributed by atoms with van der Waals surface area (Å²) in [5.41, 5.74) is 0.778. The van der Waals surface area contributed by atoms with Crippen molar-refractivity contribution in [1.82, 2.24) is 5.32 Å². The smallest absolute Gasteiger partial charge is 0.195 e. The number of halogens is 1. The highest BCUT2D eigenvalue weighted by Crippen LogP contribution is 2.32. The average molecular weight is 571 g/mol. The molecule has 9 nitrogen and oxygen atoms in total. The number of fused-ring (bicyclic) bond motifs is 1. The largest absolute Gasteiger partial charge is 0.490 e. The number of sulfone groups is 1. The first-order valence-corrected chi connectivity index (χ1v) is 12.1. The zero-order chi connectivity index (χ0) is 21.7. The summed E-state index contributed by atoms with van der Waals surface area (Å²) in [5.74, 6) is 2.07. The maximum atomic E-state index is 11.8. The van der Waals surface area contributed by atoms with Gasteiger partial charge in [0.1, 0.15) is 0 Å². The second-order valence-electron chi connectivity index (χ2n) is 6.69. The molecule has 0 aliphatic carbocycles. The number of hydrogen-bond donors (Lipinski definition) is 2. The summed E-state index contributed by atoms with van der Waals surface area (Å²) in [7, 11) is -1.42. The van der Waals surface area contributed by atoms with Crippen LogP contribution in [0.3, 0.4) is 0 Å². The highest BCUT2D eigenvalue weighted by molar-refractivity contribution is 14.0. The van der Waals surface area contributed by atoms with Gasteiger partial charge in [-0.2, -0.15) is 0 Å². The molecular formula is C20H34IN3O6S. The Labute approximate surface area is 202 Å². The Morgan fingerprint density at radius 3 is 2.68 bits per heavy atom. The van der Waals surface area contributed by atoms with Crippen LogP contribution in [0.2, 0.25) is 0 Å². The maximum Gasteiger partial charge on any atom is 0.195 e. The van der Waals surface area contributed by atoms with Crippen molar-refractivity contribution < 1.29 is 27.4 Å². The minimum absolute atomic E-state index is 0. The molecule has 0 spiro atoms. The number of anilines is 1. The molecule has 11 heteroatoms. The number of benzene rings is 1. The molecular weight excluding hydrogens is 537 g/mol. The number of aliphatic imine (C=N–C) groups is 1. The average Bonchev–Trinajstić information content (AvgIpc) is 2.98. The number of rotatable bonds is 12. The Kier molecular flexibility index (Phi) is 13.8. The third-order valence-electron chi connectivity index (χ3n) is 4.30. The predicted octanol–water partition coefficient (Wildman–Crippen LogP) is 2.31. The molecule has 0 amide bonds. The molecule has 0 atom stereocenters. The highest BCUT2D eigenvalue weighted by atomic mass is 127. The second kappa shape index (κ2) is 15.5. The Balaban J connectivity index is 0.00000480. The van der Waals surface area contributed by atoms with Crippen molar-refractivity contribution in [2.75, 3.05) is 70.1 Å². The molecule has 1 aliphatic rings. The first-order chi connectivity index (χ1) is 14.5. The van der Waals surface area contributed by atoms with E-state index in [0.717, 1.165) is 18.5 Å². The third-order valence-corrected chi connectivity index (χ3v) is 6.01. The van der Waals surface area contributed by atoms with Crippen LogP contribution in [-0.4, -0.2) is 79.1 Å². The lowest BCUT2D eigenvalue weighted by atomic mass is 10.3. The van der Waals surface area contributed by atoms with Crippen LogP contribution >= 0.6 is 24.0 Å². The van der Waals surface area contributed by atoms with Crippen molar-refractivity contribution in [3.63, 3.8) is 0 Å². The van der Waals surface area contributed by atoms with E-state index >= 15 is 0 Å². The first-order valence-electron chi connectivity index (χ1n) is 10.3. The number of ether oxygens (including phenoxy) is 4. The van der Waals surface area contributed by atoms with E-state index < -0.39 is 9.84 Å². The predicted molar refractivity (Wildman–Crippen MR) is 133 cm³/mol. The van der Waals surface area contributed by atoms with Crippen molar-refractivity contribution >= 4 is 45.5 Å². The second-order valence-corrected chi connectivity index (χ2v) is 9.16. The summed E-state index contributed by atoms with van der Waals surface area (Å²) in [6.07, 6.45) is 1.58. The fraction of sp³-hybridized carbons (Fsp3) is 0.650. The van der Waals surface area contributed by atoms with Crippen molar-refractivity contribution in [3.05, 3.63) is 18.2 Å². The molecule has 0 saturated heterocycles. The van der Waals surface area contributed by atoms with Gasteiger partial charge in [-0.15, -0.1) is 24.0 Å². The summed E-state index contributed by atoms with van der Waals surface area (Å²) in [6.45, 7) is 5.38. The number of guanidine groups is 1. The fourth-order valence-electron chi connectivity index (χ4n) is 2.59. The van der Waals surface area contributed by atoms with E-state index in [1.807, 2.05) is 18.2 Å². The van der Waals surface area contributed by atoms with Gasteiger partial charge in [-0.05, 0) is 18.6 Å². The summed E-state index contributed by atoms with van der Waals surface area (Å²) in [4.78, 5) is 4.53. The molecule has 2 N–H and O–H groups in total. The van der Waals surface area contributed by atoms with Crippen LogP contribution in [0.15, 0.2) is 23.2 Å². The van der Waals surface area contributed by atoms with Crippen molar-refractivity contribution in [2.24, 2.45) is 4.99 Å². The molecule has 1 heterocycles. The van der Waals surface area contributed by atoms with Crippen LogP contribution in [0.1, 0.15) is 19.8 Å². The molecule has 178 valence electrons. The van der Waals surface area contributed by atoms with Gasteiger partial charge in [0.05, 0.1) is 32.2 Å². The minimum atomic E-state index is -3.06. The summed E-state index contributed by atoms with van der Waals surface area (Å²) >= 11 is 0. The van der Waals surface area contributed by atoms with E-state index in [1.54, 1.807) is 14.0 Å². The Morgan fingerprint density at radius 1 is 1.16 bits per heavy atom. The van der Waals surface area contributed by atoms with Crippen molar-refractivity contribution in [2.45, 2.75) is 19.8 Å². The molecule has 0 bridgehead atoms. The number of nitrogens with one attached hydrogen (secondary N) is 2. The zero-order valence-corrected chi connectivity index (χ0v) is 21.4. The van der Waals surface area contributed by atoms with Gasteiger partial charge in [0.2, 0.25) is 0 Å². The number of nitrogens with zero attached hydrogens (tertiary/aromatic N) is 1. The van der Waals surface area contributed by atoms with E-state index in [4.69, 9.17) is 18.9 Å². The van der Waals surface area contributed by atoms with E-state index in [2.05, 4.69) is 15.6 Å². The number of methoxy groups -OCH3 is 1. The van der Waals surface area contributed by atoms with Gasteiger partial charge in [0, 0.05) is 50.7 Å². The van der Waals surface area contributed by atoms with Gasteiger partial charge in [0.15, 0.2) is 27.3 Å². The third kappa shape index (κ3) is 11.2. The van der Waals surface area contributed by atoms with Gasteiger partial charge in [-0.3, -0.25) is 4.99 Å². The van der Waals surface area contributed by atoms with Gasteiger partial charge >= 0.3 is 0 Å². The summed E-state index contributed by atoms with van der Waals surface area (Å²) in [6, 6.07) is 5.58. The lowest BCUT2D eigenvalue weighted by Crippen LogP contribution is -2.35. The molecule has 1 aromatic rings. The van der Waals surface area contributed by atoms with E-state index in [0.29, 0.717) is 57.0 Å². The fourth-order valence-corrected chi connectivity index (χ4v) is 3.29. The first kappa shape index (κ1) is 27.7. The van der Waals surface area contributed by atoms with Crippen LogP contribution in [-0.2, 0) is 19.3 Å². The molecule has 1 aliphatic heterocycles. The standard InChI is InChI=1S/C20H33N3O6S.HI/c1-3-30(24,25)15-9-22-20(21-8-4-10-27-14-13-26-2)23-17-6-7-18-19(16-17)29-12-5-11-28-18;/h6-7,16H,3-5,8-15H2,1-2H3,(H2,21,22,23);1H. The normalized spacial score (nSPS) is 13.8. The molecule has 0 fully saturated rings. The number of hydrogen-bond acceptors (Lipinski definition) is 7.